The Morgan fingerprint density at radius 1 is 1.47 bits per heavy atom. The lowest BCUT2D eigenvalue weighted by Crippen LogP contribution is -2.43. The van der Waals surface area contributed by atoms with Crippen molar-refractivity contribution in [2.45, 2.75) is 25.1 Å². The van der Waals surface area contributed by atoms with E-state index in [1.165, 1.54) is 6.07 Å². The molecule has 0 bridgehead atoms. The summed E-state index contributed by atoms with van der Waals surface area (Å²) in [5, 5.41) is 0. The summed E-state index contributed by atoms with van der Waals surface area (Å²) in [5.41, 5.74) is 7.25. The van der Waals surface area contributed by atoms with E-state index in [1.807, 2.05) is 17.8 Å². The number of benzene rings is 1. The third-order valence-electron chi connectivity index (χ3n) is 3.06. The lowest BCUT2D eigenvalue weighted by Gasteiger charge is -2.39. The summed E-state index contributed by atoms with van der Waals surface area (Å²) in [6.45, 7) is 6.61. The predicted molar refractivity (Wildman–Crippen MR) is 73.0 cm³/mol. The Kier molecular flexibility index (Phi) is 3.64. The zero-order valence-corrected chi connectivity index (χ0v) is 11.2. The maximum absolute atomic E-state index is 13.7. The van der Waals surface area contributed by atoms with Gasteiger partial charge in [-0.1, -0.05) is 6.07 Å². The largest absolute Gasteiger partial charge is 0.369 e. The van der Waals surface area contributed by atoms with Crippen molar-refractivity contribution in [3.8, 4) is 0 Å². The number of anilines is 1. The van der Waals surface area contributed by atoms with Crippen LogP contribution in [0.2, 0.25) is 0 Å². The standard InChI is InChI=1S/C13H19FN2S/c1-13(2)9-16(6-7-17-13)12-5-3-4-11(14)10(12)8-15/h3-5H,6-9,15H2,1-2H3. The Balaban J connectivity index is 2.30. The Bertz CT molecular complexity index is 406. The van der Waals surface area contributed by atoms with Crippen molar-refractivity contribution in [1.82, 2.24) is 0 Å². The summed E-state index contributed by atoms with van der Waals surface area (Å²) in [7, 11) is 0. The quantitative estimate of drug-likeness (QED) is 0.879. The smallest absolute Gasteiger partial charge is 0.129 e. The van der Waals surface area contributed by atoms with Crippen LogP contribution < -0.4 is 10.6 Å². The van der Waals surface area contributed by atoms with Gasteiger partial charge in [0.1, 0.15) is 5.82 Å². The molecule has 0 aromatic heterocycles. The molecule has 94 valence electrons. The zero-order valence-electron chi connectivity index (χ0n) is 10.4. The molecular weight excluding hydrogens is 235 g/mol. The van der Waals surface area contributed by atoms with E-state index in [9.17, 15) is 4.39 Å². The van der Waals surface area contributed by atoms with Crippen LogP contribution in [-0.2, 0) is 6.54 Å². The van der Waals surface area contributed by atoms with E-state index in [4.69, 9.17) is 5.73 Å². The van der Waals surface area contributed by atoms with Crippen LogP contribution in [0.3, 0.4) is 0 Å². The second-order valence-electron chi connectivity index (χ2n) is 4.97. The van der Waals surface area contributed by atoms with E-state index >= 15 is 0 Å². The fourth-order valence-corrected chi connectivity index (χ4v) is 3.38. The van der Waals surface area contributed by atoms with Gasteiger partial charge in [-0.2, -0.15) is 11.8 Å². The van der Waals surface area contributed by atoms with Crippen molar-refractivity contribution < 1.29 is 4.39 Å². The van der Waals surface area contributed by atoms with E-state index in [-0.39, 0.29) is 17.1 Å². The highest BCUT2D eigenvalue weighted by molar-refractivity contribution is 8.00. The van der Waals surface area contributed by atoms with Crippen LogP contribution in [0.25, 0.3) is 0 Å². The Hall–Kier alpha value is -0.740. The van der Waals surface area contributed by atoms with E-state index < -0.39 is 0 Å². The van der Waals surface area contributed by atoms with Crippen LogP contribution in [0.15, 0.2) is 18.2 Å². The molecule has 1 aromatic rings. The van der Waals surface area contributed by atoms with E-state index in [0.717, 1.165) is 24.5 Å². The molecule has 2 rings (SSSR count). The normalized spacial score (nSPS) is 19.4. The molecule has 0 spiro atoms. The Morgan fingerprint density at radius 2 is 2.24 bits per heavy atom. The molecule has 1 aliphatic rings. The number of nitrogens with zero attached hydrogens (tertiary/aromatic N) is 1. The molecule has 0 radical (unpaired) electrons. The topological polar surface area (TPSA) is 29.3 Å². The fourth-order valence-electron chi connectivity index (χ4n) is 2.27. The summed E-state index contributed by atoms with van der Waals surface area (Å²) in [6, 6.07) is 5.21. The van der Waals surface area contributed by atoms with E-state index in [1.54, 1.807) is 6.07 Å². The van der Waals surface area contributed by atoms with Gasteiger partial charge in [-0.25, -0.2) is 4.39 Å². The highest BCUT2D eigenvalue weighted by Gasteiger charge is 2.28. The monoisotopic (exact) mass is 254 g/mol. The van der Waals surface area contributed by atoms with Gasteiger partial charge in [0, 0.05) is 41.4 Å². The molecule has 1 fully saturated rings. The van der Waals surface area contributed by atoms with Crippen LogP contribution >= 0.6 is 11.8 Å². The first kappa shape index (κ1) is 12.7. The molecule has 0 unspecified atom stereocenters. The molecule has 1 heterocycles. The van der Waals surface area contributed by atoms with Crippen molar-refractivity contribution in [3.05, 3.63) is 29.6 Å². The number of hydrogen-bond acceptors (Lipinski definition) is 3. The summed E-state index contributed by atoms with van der Waals surface area (Å²) in [5.74, 6) is 0.883. The predicted octanol–water partition coefficient (Wildman–Crippen LogP) is 2.62. The molecule has 0 amide bonds. The number of nitrogens with two attached hydrogens (primary N) is 1. The number of hydrogen-bond donors (Lipinski definition) is 1. The molecule has 0 aliphatic carbocycles. The average Bonchev–Trinajstić information content (AvgIpc) is 2.27. The van der Waals surface area contributed by atoms with Crippen molar-refractivity contribution >= 4 is 17.4 Å². The summed E-state index contributed by atoms with van der Waals surface area (Å²) in [6.07, 6.45) is 0. The SMILES string of the molecule is CC1(C)CN(c2cccc(F)c2CN)CCS1. The Morgan fingerprint density at radius 3 is 2.88 bits per heavy atom. The minimum atomic E-state index is -0.193. The van der Waals surface area contributed by atoms with Gasteiger partial charge in [0.05, 0.1) is 0 Å². The second kappa shape index (κ2) is 4.86. The van der Waals surface area contributed by atoms with Crippen LogP contribution in [-0.4, -0.2) is 23.6 Å². The maximum atomic E-state index is 13.7. The summed E-state index contributed by atoms with van der Waals surface area (Å²) >= 11 is 1.97. The minimum Gasteiger partial charge on any atom is -0.369 e. The fraction of sp³-hybridized carbons (Fsp3) is 0.538. The molecule has 2 N–H and O–H groups in total. The van der Waals surface area contributed by atoms with Crippen molar-refractivity contribution in [2.24, 2.45) is 5.73 Å². The van der Waals surface area contributed by atoms with Crippen molar-refractivity contribution in [1.29, 1.82) is 0 Å². The minimum absolute atomic E-state index is 0.193. The first-order valence-electron chi connectivity index (χ1n) is 5.90. The average molecular weight is 254 g/mol. The first-order valence-corrected chi connectivity index (χ1v) is 6.88. The second-order valence-corrected chi connectivity index (χ2v) is 6.77. The van der Waals surface area contributed by atoms with E-state index in [0.29, 0.717) is 5.56 Å². The van der Waals surface area contributed by atoms with Gasteiger partial charge in [0.15, 0.2) is 0 Å². The molecule has 0 atom stereocenters. The Labute approximate surface area is 106 Å². The van der Waals surface area contributed by atoms with Crippen molar-refractivity contribution in [3.63, 3.8) is 0 Å². The third kappa shape index (κ3) is 2.75. The molecule has 0 saturated carbocycles. The third-order valence-corrected chi connectivity index (χ3v) is 4.36. The summed E-state index contributed by atoms with van der Waals surface area (Å²) < 4.78 is 13.9. The molecule has 1 aromatic carbocycles. The molecule has 1 saturated heterocycles. The summed E-state index contributed by atoms with van der Waals surface area (Å²) in [4.78, 5) is 2.25. The molecule has 1 aliphatic heterocycles. The van der Waals surface area contributed by atoms with Gasteiger partial charge in [-0.15, -0.1) is 0 Å². The molecular formula is C13H19FN2S. The molecule has 2 nitrogen and oxygen atoms in total. The van der Waals surface area contributed by atoms with Crippen molar-refractivity contribution in [2.75, 3.05) is 23.7 Å². The lowest BCUT2D eigenvalue weighted by molar-refractivity contribution is 0.602. The van der Waals surface area contributed by atoms with Gasteiger partial charge in [-0.05, 0) is 26.0 Å². The van der Waals surface area contributed by atoms with Gasteiger partial charge < -0.3 is 10.6 Å². The first-order chi connectivity index (χ1) is 8.03. The number of rotatable bonds is 2. The van der Waals surface area contributed by atoms with Crippen LogP contribution in [0.1, 0.15) is 19.4 Å². The lowest BCUT2D eigenvalue weighted by atomic mass is 10.1. The zero-order chi connectivity index (χ0) is 12.5. The van der Waals surface area contributed by atoms with Gasteiger partial charge in [0.25, 0.3) is 0 Å². The maximum Gasteiger partial charge on any atom is 0.129 e. The number of halogens is 1. The van der Waals surface area contributed by atoms with E-state index in [2.05, 4.69) is 18.7 Å². The molecule has 4 heteroatoms. The highest BCUT2D eigenvalue weighted by Crippen LogP contribution is 2.33. The van der Waals surface area contributed by atoms with Crippen LogP contribution in [0.5, 0.6) is 0 Å². The highest BCUT2D eigenvalue weighted by atomic mass is 32.2. The van der Waals surface area contributed by atoms with Gasteiger partial charge >= 0.3 is 0 Å². The number of thioether (sulfide) groups is 1. The van der Waals surface area contributed by atoms with Gasteiger partial charge in [-0.3, -0.25) is 0 Å². The molecule has 17 heavy (non-hydrogen) atoms. The van der Waals surface area contributed by atoms with Gasteiger partial charge in [0.2, 0.25) is 0 Å². The van der Waals surface area contributed by atoms with Crippen LogP contribution in [0, 0.1) is 5.82 Å². The van der Waals surface area contributed by atoms with Crippen LogP contribution in [0.4, 0.5) is 10.1 Å².